The van der Waals surface area contributed by atoms with Crippen molar-refractivity contribution in [3.63, 3.8) is 0 Å². The van der Waals surface area contributed by atoms with Crippen LogP contribution in [-0.4, -0.2) is 28.1 Å². The molecule has 0 aliphatic heterocycles. The Bertz CT molecular complexity index is 1180. The fourth-order valence-corrected chi connectivity index (χ4v) is 3.22. The SMILES string of the molecule is CN(C(=O)Cc1ccccc1Cl)c1onc(-c2ccc(F)cc2)c1-c1ccncn1. The highest BCUT2D eigenvalue weighted by Gasteiger charge is 2.26. The lowest BCUT2D eigenvalue weighted by atomic mass is 10.0. The third kappa shape index (κ3) is 3.92. The molecule has 0 spiro atoms. The molecule has 0 saturated heterocycles. The van der Waals surface area contributed by atoms with Gasteiger partial charge in [0.15, 0.2) is 0 Å². The van der Waals surface area contributed by atoms with Crippen LogP contribution in [-0.2, 0) is 11.2 Å². The van der Waals surface area contributed by atoms with Crippen molar-refractivity contribution in [1.29, 1.82) is 0 Å². The van der Waals surface area contributed by atoms with Gasteiger partial charge >= 0.3 is 0 Å². The largest absolute Gasteiger partial charge is 0.337 e. The molecular weight excluding hydrogens is 407 g/mol. The van der Waals surface area contributed by atoms with E-state index in [0.717, 1.165) is 0 Å². The van der Waals surface area contributed by atoms with Gasteiger partial charge in [-0.05, 0) is 42.0 Å². The summed E-state index contributed by atoms with van der Waals surface area (Å²) in [5, 5.41) is 4.66. The first-order chi connectivity index (χ1) is 14.5. The van der Waals surface area contributed by atoms with Gasteiger partial charge < -0.3 is 4.52 Å². The number of amides is 1. The summed E-state index contributed by atoms with van der Waals surface area (Å²) in [6.45, 7) is 0. The molecule has 2 aromatic heterocycles. The number of likely N-dealkylation sites (N-methyl/N-ethyl adjacent to an activating group) is 1. The van der Waals surface area contributed by atoms with E-state index in [1.807, 2.05) is 6.07 Å². The number of carbonyl (C=O) groups excluding carboxylic acids is 1. The van der Waals surface area contributed by atoms with Gasteiger partial charge in [-0.25, -0.2) is 14.4 Å². The molecule has 2 heterocycles. The molecule has 4 rings (SSSR count). The van der Waals surface area contributed by atoms with E-state index < -0.39 is 0 Å². The smallest absolute Gasteiger partial charge is 0.243 e. The van der Waals surface area contributed by atoms with Gasteiger partial charge in [0.2, 0.25) is 11.8 Å². The zero-order chi connectivity index (χ0) is 21.1. The van der Waals surface area contributed by atoms with Crippen molar-refractivity contribution in [2.24, 2.45) is 0 Å². The number of halogens is 2. The lowest BCUT2D eigenvalue weighted by molar-refractivity contribution is -0.117. The first-order valence-corrected chi connectivity index (χ1v) is 9.44. The zero-order valence-corrected chi connectivity index (χ0v) is 16.7. The Morgan fingerprint density at radius 2 is 1.90 bits per heavy atom. The maximum absolute atomic E-state index is 13.4. The Balaban J connectivity index is 1.75. The van der Waals surface area contributed by atoms with Crippen LogP contribution in [0.15, 0.2) is 71.6 Å². The molecule has 0 radical (unpaired) electrons. The van der Waals surface area contributed by atoms with Gasteiger partial charge in [-0.1, -0.05) is 35.0 Å². The summed E-state index contributed by atoms with van der Waals surface area (Å²) in [6.07, 6.45) is 3.07. The predicted octanol–water partition coefficient (Wildman–Crippen LogP) is 4.80. The van der Waals surface area contributed by atoms with Crippen molar-refractivity contribution in [1.82, 2.24) is 15.1 Å². The molecular formula is C22H16ClFN4O2. The third-order valence-corrected chi connectivity index (χ3v) is 4.98. The van der Waals surface area contributed by atoms with Crippen LogP contribution in [0.1, 0.15) is 5.56 Å². The number of hydrogen-bond acceptors (Lipinski definition) is 5. The molecule has 2 aromatic carbocycles. The molecule has 0 fully saturated rings. The molecule has 0 saturated carbocycles. The van der Waals surface area contributed by atoms with Gasteiger partial charge in [0.25, 0.3) is 0 Å². The number of benzene rings is 2. The Labute approximate surface area is 176 Å². The summed E-state index contributed by atoms with van der Waals surface area (Å²) in [7, 11) is 1.60. The van der Waals surface area contributed by atoms with Gasteiger partial charge in [-0.15, -0.1) is 0 Å². The Morgan fingerprint density at radius 3 is 2.60 bits per heavy atom. The lowest BCUT2D eigenvalue weighted by Gasteiger charge is -2.16. The van der Waals surface area contributed by atoms with Crippen LogP contribution in [0.5, 0.6) is 0 Å². The minimum Gasteiger partial charge on any atom is -0.337 e. The fraction of sp³-hybridized carbons (Fsp3) is 0.0909. The highest BCUT2D eigenvalue weighted by Crippen LogP contribution is 2.38. The summed E-state index contributed by atoms with van der Waals surface area (Å²) in [6, 6.07) is 14.7. The molecule has 0 aliphatic carbocycles. The molecule has 0 atom stereocenters. The fourth-order valence-electron chi connectivity index (χ4n) is 3.02. The molecule has 30 heavy (non-hydrogen) atoms. The molecule has 0 aliphatic rings. The van der Waals surface area contributed by atoms with Crippen molar-refractivity contribution in [3.8, 4) is 22.5 Å². The Kier molecular flexibility index (Phi) is 5.54. The summed E-state index contributed by atoms with van der Waals surface area (Å²) < 4.78 is 18.9. The second kappa shape index (κ2) is 8.42. The van der Waals surface area contributed by atoms with Gasteiger partial charge in [0, 0.05) is 23.8 Å². The van der Waals surface area contributed by atoms with Crippen molar-refractivity contribution in [2.75, 3.05) is 11.9 Å². The molecule has 1 amide bonds. The normalized spacial score (nSPS) is 10.8. The average molecular weight is 423 g/mol. The molecule has 0 bridgehead atoms. The quantitative estimate of drug-likeness (QED) is 0.462. The molecule has 0 unspecified atom stereocenters. The van der Waals surface area contributed by atoms with E-state index in [0.29, 0.717) is 33.1 Å². The topological polar surface area (TPSA) is 72.1 Å². The highest BCUT2D eigenvalue weighted by atomic mass is 35.5. The number of nitrogens with zero attached hydrogens (tertiary/aromatic N) is 4. The Hall–Kier alpha value is -3.58. The van der Waals surface area contributed by atoms with Gasteiger partial charge in [-0.3, -0.25) is 9.69 Å². The first-order valence-electron chi connectivity index (χ1n) is 9.06. The van der Waals surface area contributed by atoms with Crippen LogP contribution in [0.25, 0.3) is 22.5 Å². The molecule has 0 N–H and O–H groups in total. The number of carbonyl (C=O) groups is 1. The van der Waals surface area contributed by atoms with E-state index in [1.165, 1.54) is 23.4 Å². The second-order valence-electron chi connectivity index (χ2n) is 6.53. The van der Waals surface area contributed by atoms with Crippen LogP contribution in [0, 0.1) is 5.82 Å². The van der Waals surface area contributed by atoms with Crippen molar-refractivity contribution >= 4 is 23.4 Å². The standard InChI is InChI=1S/C22H16ClFN4O2/c1-28(19(29)12-15-4-2-3-5-17(15)23)22-20(18-10-11-25-13-26-18)21(27-30-22)14-6-8-16(24)9-7-14/h2-11,13H,12H2,1H3. The summed E-state index contributed by atoms with van der Waals surface area (Å²) in [4.78, 5) is 22.5. The number of hydrogen-bond donors (Lipinski definition) is 0. The van der Waals surface area contributed by atoms with Crippen molar-refractivity contribution in [3.05, 3.63) is 83.5 Å². The van der Waals surface area contributed by atoms with Crippen LogP contribution < -0.4 is 4.90 Å². The van der Waals surface area contributed by atoms with E-state index in [-0.39, 0.29) is 24.0 Å². The monoisotopic (exact) mass is 422 g/mol. The number of aromatic nitrogens is 3. The average Bonchev–Trinajstić information content (AvgIpc) is 3.21. The van der Waals surface area contributed by atoms with Crippen LogP contribution >= 0.6 is 11.6 Å². The second-order valence-corrected chi connectivity index (χ2v) is 6.94. The summed E-state index contributed by atoms with van der Waals surface area (Å²) >= 11 is 6.19. The van der Waals surface area contributed by atoms with E-state index in [4.69, 9.17) is 16.1 Å². The molecule has 150 valence electrons. The van der Waals surface area contributed by atoms with Gasteiger partial charge in [0.1, 0.15) is 17.8 Å². The maximum Gasteiger partial charge on any atom is 0.243 e. The van der Waals surface area contributed by atoms with Crippen molar-refractivity contribution in [2.45, 2.75) is 6.42 Å². The Morgan fingerprint density at radius 1 is 1.13 bits per heavy atom. The van der Waals surface area contributed by atoms with E-state index >= 15 is 0 Å². The number of anilines is 1. The van der Waals surface area contributed by atoms with Gasteiger partial charge in [-0.2, -0.15) is 0 Å². The van der Waals surface area contributed by atoms with E-state index in [1.54, 1.807) is 49.6 Å². The lowest BCUT2D eigenvalue weighted by Crippen LogP contribution is -2.28. The van der Waals surface area contributed by atoms with Crippen molar-refractivity contribution < 1.29 is 13.7 Å². The van der Waals surface area contributed by atoms with Gasteiger partial charge in [0.05, 0.1) is 17.7 Å². The predicted molar refractivity (Wildman–Crippen MR) is 111 cm³/mol. The minimum atomic E-state index is -0.363. The summed E-state index contributed by atoms with van der Waals surface area (Å²) in [5.74, 6) is -0.372. The minimum absolute atomic E-state index is 0.0893. The van der Waals surface area contributed by atoms with Crippen LogP contribution in [0.3, 0.4) is 0 Å². The zero-order valence-electron chi connectivity index (χ0n) is 15.9. The third-order valence-electron chi connectivity index (χ3n) is 4.61. The maximum atomic E-state index is 13.4. The van der Waals surface area contributed by atoms with E-state index in [9.17, 15) is 9.18 Å². The van der Waals surface area contributed by atoms with Crippen LogP contribution in [0.4, 0.5) is 10.3 Å². The number of rotatable bonds is 5. The molecule has 4 aromatic rings. The molecule has 6 nitrogen and oxygen atoms in total. The highest BCUT2D eigenvalue weighted by molar-refractivity contribution is 6.31. The molecule has 8 heteroatoms. The summed E-state index contributed by atoms with van der Waals surface area (Å²) in [5.41, 5.74) is 2.82. The first kappa shape index (κ1) is 19.7. The van der Waals surface area contributed by atoms with E-state index in [2.05, 4.69) is 15.1 Å². The van der Waals surface area contributed by atoms with Crippen LogP contribution in [0.2, 0.25) is 5.02 Å².